The van der Waals surface area contributed by atoms with Crippen LogP contribution in [-0.2, 0) is 0 Å². The Morgan fingerprint density at radius 2 is 2.17 bits per heavy atom. The van der Waals surface area contributed by atoms with Crippen LogP contribution in [0.25, 0.3) is 0 Å². The fourth-order valence-corrected chi connectivity index (χ4v) is 2.89. The molecule has 1 aromatic rings. The molecule has 96 valence electrons. The van der Waals surface area contributed by atoms with Crippen LogP contribution in [-0.4, -0.2) is 11.2 Å². The van der Waals surface area contributed by atoms with Gasteiger partial charge in [0.05, 0.1) is 6.10 Å². The summed E-state index contributed by atoms with van der Waals surface area (Å²) in [6, 6.07) is 4.37. The van der Waals surface area contributed by atoms with E-state index in [2.05, 4.69) is 12.2 Å². The van der Waals surface area contributed by atoms with Gasteiger partial charge in [0.1, 0.15) is 17.7 Å². The van der Waals surface area contributed by atoms with E-state index in [4.69, 9.17) is 4.74 Å². The normalized spacial score (nSPS) is 30.7. The van der Waals surface area contributed by atoms with Crippen molar-refractivity contribution in [3.63, 3.8) is 0 Å². The van der Waals surface area contributed by atoms with Gasteiger partial charge in [-0.2, -0.15) is 0 Å². The molecule has 3 heteroatoms. The molecule has 1 N–H and O–H groups in total. The second-order valence-corrected chi connectivity index (χ2v) is 5.13. The van der Waals surface area contributed by atoms with Gasteiger partial charge in [0.25, 0.3) is 0 Å². The predicted molar refractivity (Wildman–Crippen MR) is 66.9 cm³/mol. The maximum atomic E-state index is 13.2. The van der Waals surface area contributed by atoms with E-state index in [1.165, 1.54) is 12.1 Å². The average molecular weight is 248 g/mol. The fraction of sp³-hybridized carbons (Fsp3) is 0.467. The Labute approximate surface area is 106 Å². The summed E-state index contributed by atoms with van der Waals surface area (Å²) in [4.78, 5) is 0. The number of fused-ring (bicyclic) bond motifs is 1. The Bertz CT molecular complexity index is 470. The number of hydrogen-bond donors (Lipinski definition) is 1. The molecule has 0 spiro atoms. The minimum atomic E-state index is -0.537. The monoisotopic (exact) mass is 248 g/mol. The molecule has 2 unspecified atom stereocenters. The van der Waals surface area contributed by atoms with Crippen molar-refractivity contribution in [1.82, 2.24) is 0 Å². The first-order valence-corrected chi connectivity index (χ1v) is 6.53. The largest absolute Gasteiger partial charge is 0.490 e. The number of allylic oxidation sites excluding steroid dienone is 2. The minimum Gasteiger partial charge on any atom is -0.490 e. The molecule has 0 radical (unpaired) electrons. The summed E-state index contributed by atoms with van der Waals surface area (Å²) in [5.74, 6) is 0.625. The molecule has 1 heterocycles. The number of hydrogen-bond acceptors (Lipinski definition) is 2. The first kappa shape index (κ1) is 11.7. The van der Waals surface area contributed by atoms with Gasteiger partial charge in [0, 0.05) is 18.1 Å². The third-order valence-electron chi connectivity index (χ3n) is 3.90. The van der Waals surface area contributed by atoms with Gasteiger partial charge in [-0.1, -0.05) is 12.2 Å². The Morgan fingerprint density at radius 3 is 2.94 bits per heavy atom. The maximum absolute atomic E-state index is 13.2. The minimum absolute atomic E-state index is 0.000694. The molecule has 0 aromatic heterocycles. The van der Waals surface area contributed by atoms with Crippen LogP contribution in [0.15, 0.2) is 30.4 Å². The Kier molecular flexibility index (Phi) is 3.08. The Balaban J connectivity index is 1.83. The van der Waals surface area contributed by atoms with E-state index in [1.54, 1.807) is 6.07 Å². The van der Waals surface area contributed by atoms with Crippen LogP contribution in [0.5, 0.6) is 5.75 Å². The van der Waals surface area contributed by atoms with Crippen LogP contribution < -0.4 is 4.74 Å². The topological polar surface area (TPSA) is 29.5 Å². The van der Waals surface area contributed by atoms with Crippen molar-refractivity contribution in [2.45, 2.75) is 37.9 Å². The summed E-state index contributed by atoms with van der Waals surface area (Å²) in [5.41, 5.74) is 0.707. The highest BCUT2D eigenvalue weighted by atomic mass is 19.1. The van der Waals surface area contributed by atoms with Crippen molar-refractivity contribution in [3.8, 4) is 5.75 Å². The molecule has 2 aliphatic rings. The van der Waals surface area contributed by atoms with Crippen molar-refractivity contribution >= 4 is 0 Å². The summed E-state index contributed by atoms with van der Waals surface area (Å²) in [6.07, 6.45) is 7.56. The third-order valence-corrected chi connectivity index (χ3v) is 3.90. The molecule has 1 aliphatic carbocycles. The summed E-state index contributed by atoms with van der Waals surface area (Å²) in [7, 11) is 0. The van der Waals surface area contributed by atoms with Crippen LogP contribution in [0.4, 0.5) is 4.39 Å². The summed E-state index contributed by atoms with van der Waals surface area (Å²) >= 11 is 0. The number of aliphatic hydroxyl groups excluding tert-OH is 1. The van der Waals surface area contributed by atoms with Gasteiger partial charge >= 0.3 is 0 Å². The summed E-state index contributed by atoms with van der Waals surface area (Å²) in [6.45, 7) is 0. The van der Waals surface area contributed by atoms with E-state index >= 15 is 0 Å². The van der Waals surface area contributed by atoms with E-state index in [1.807, 2.05) is 0 Å². The van der Waals surface area contributed by atoms with Crippen LogP contribution in [0.3, 0.4) is 0 Å². The van der Waals surface area contributed by atoms with Crippen LogP contribution in [0.1, 0.15) is 37.4 Å². The SMILES string of the molecule is O[C@H]1CC(C2CC=CCC2)Oc2cc(F)ccc21. The van der Waals surface area contributed by atoms with Crippen LogP contribution >= 0.6 is 0 Å². The van der Waals surface area contributed by atoms with E-state index in [0.29, 0.717) is 23.7 Å². The molecule has 0 bridgehead atoms. The molecule has 0 fully saturated rings. The van der Waals surface area contributed by atoms with Gasteiger partial charge in [-0.3, -0.25) is 0 Å². The highest BCUT2D eigenvalue weighted by molar-refractivity contribution is 5.37. The zero-order valence-corrected chi connectivity index (χ0v) is 10.2. The van der Waals surface area contributed by atoms with Crippen molar-refractivity contribution in [3.05, 3.63) is 41.7 Å². The fourth-order valence-electron chi connectivity index (χ4n) is 2.89. The number of rotatable bonds is 1. The molecular formula is C15H17FO2. The second-order valence-electron chi connectivity index (χ2n) is 5.13. The predicted octanol–water partition coefficient (Wildman–Crippen LogP) is 3.37. The van der Waals surface area contributed by atoms with Crippen molar-refractivity contribution in [2.75, 3.05) is 0 Å². The van der Waals surface area contributed by atoms with Gasteiger partial charge in [-0.25, -0.2) is 4.39 Å². The highest BCUT2D eigenvalue weighted by Gasteiger charge is 2.32. The first-order valence-electron chi connectivity index (χ1n) is 6.53. The van der Waals surface area contributed by atoms with Gasteiger partial charge in [0.2, 0.25) is 0 Å². The standard InChI is InChI=1S/C15H17FO2/c16-11-6-7-12-13(17)9-14(18-15(12)8-11)10-4-2-1-3-5-10/h1-2,6-8,10,13-14,17H,3-5,9H2/t10?,13-,14?/m0/s1. The molecule has 1 aromatic carbocycles. The molecule has 0 saturated carbocycles. The first-order chi connectivity index (χ1) is 8.74. The van der Waals surface area contributed by atoms with Crippen LogP contribution in [0.2, 0.25) is 0 Å². The van der Waals surface area contributed by atoms with Crippen LogP contribution in [0, 0.1) is 11.7 Å². The van der Waals surface area contributed by atoms with Crippen molar-refractivity contribution in [2.24, 2.45) is 5.92 Å². The lowest BCUT2D eigenvalue weighted by Gasteiger charge is -2.35. The Morgan fingerprint density at radius 1 is 1.28 bits per heavy atom. The van der Waals surface area contributed by atoms with Crippen molar-refractivity contribution < 1.29 is 14.2 Å². The van der Waals surface area contributed by atoms with E-state index in [9.17, 15) is 9.50 Å². The lowest BCUT2D eigenvalue weighted by Crippen LogP contribution is -2.33. The second kappa shape index (κ2) is 4.73. The molecular weight excluding hydrogens is 231 g/mol. The summed E-state index contributed by atoms with van der Waals surface area (Å²) in [5, 5.41) is 10.1. The lowest BCUT2D eigenvalue weighted by atomic mass is 9.84. The molecule has 2 nitrogen and oxygen atoms in total. The summed E-state index contributed by atoms with van der Waals surface area (Å²) < 4.78 is 19.1. The zero-order chi connectivity index (χ0) is 12.5. The van der Waals surface area contributed by atoms with Gasteiger partial charge < -0.3 is 9.84 Å². The smallest absolute Gasteiger partial charge is 0.128 e. The average Bonchev–Trinajstić information content (AvgIpc) is 2.39. The molecule has 18 heavy (non-hydrogen) atoms. The molecule has 1 aliphatic heterocycles. The number of benzene rings is 1. The maximum Gasteiger partial charge on any atom is 0.128 e. The van der Waals surface area contributed by atoms with E-state index in [0.717, 1.165) is 19.3 Å². The third kappa shape index (κ3) is 2.15. The number of halogens is 1. The Hall–Kier alpha value is -1.35. The lowest BCUT2D eigenvalue weighted by molar-refractivity contribution is 0.0311. The van der Waals surface area contributed by atoms with E-state index < -0.39 is 6.10 Å². The van der Waals surface area contributed by atoms with Crippen molar-refractivity contribution in [1.29, 1.82) is 0 Å². The quantitative estimate of drug-likeness (QED) is 0.772. The van der Waals surface area contributed by atoms with Gasteiger partial charge in [-0.15, -0.1) is 0 Å². The number of ether oxygens (including phenoxy) is 1. The van der Waals surface area contributed by atoms with Gasteiger partial charge in [-0.05, 0) is 37.3 Å². The molecule has 3 rings (SSSR count). The molecule has 3 atom stereocenters. The zero-order valence-electron chi connectivity index (χ0n) is 10.2. The van der Waals surface area contributed by atoms with Gasteiger partial charge in [0.15, 0.2) is 0 Å². The molecule has 0 saturated heterocycles. The number of aliphatic hydroxyl groups is 1. The molecule has 0 amide bonds. The highest BCUT2D eigenvalue weighted by Crippen LogP contribution is 2.39. The van der Waals surface area contributed by atoms with E-state index in [-0.39, 0.29) is 11.9 Å².